The fourth-order valence-electron chi connectivity index (χ4n) is 1.65. The number of rotatable bonds is 6. The van der Waals surface area contributed by atoms with Crippen LogP contribution in [0.4, 0.5) is 0 Å². The zero-order valence-electron chi connectivity index (χ0n) is 8.46. The molecular formula is C11H18N2S. The Balaban J connectivity index is 1.60. The van der Waals surface area contributed by atoms with E-state index in [1.807, 2.05) is 11.3 Å². The summed E-state index contributed by atoms with van der Waals surface area (Å²) in [6, 6.07) is 4.31. The van der Waals surface area contributed by atoms with Gasteiger partial charge in [0.2, 0.25) is 0 Å². The van der Waals surface area contributed by atoms with Gasteiger partial charge >= 0.3 is 0 Å². The van der Waals surface area contributed by atoms with E-state index in [1.165, 1.54) is 17.7 Å². The van der Waals surface area contributed by atoms with Crippen molar-refractivity contribution in [1.29, 1.82) is 0 Å². The summed E-state index contributed by atoms with van der Waals surface area (Å²) in [7, 11) is 0. The minimum absolute atomic E-state index is 0.468. The lowest BCUT2D eigenvalue weighted by Gasteiger charge is -2.12. The maximum atomic E-state index is 5.71. The third-order valence-electron chi connectivity index (χ3n) is 3.02. The average molecular weight is 210 g/mol. The van der Waals surface area contributed by atoms with E-state index in [0.29, 0.717) is 5.41 Å². The minimum atomic E-state index is 0.468. The van der Waals surface area contributed by atoms with Crippen LogP contribution in [0, 0.1) is 5.41 Å². The highest BCUT2D eigenvalue weighted by atomic mass is 32.1. The molecular weight excluding hydrogens is 192 g/mol. The Hall–Kier alpha value is -0.380. The fraction of sp³-hybridized carbons (Fsp3) is 0.636. The predicted molar refractivity (Wildman–Crippen MR) is 61.6 cm³/mol. The van der Waals surface area contributed by atoms with E-state index in [1.54, 1.807) is 0 Å². The quantitative estimate of drug-likeness (QED) is 0.700. The van der Waals surface area contributed by atoms with Gasteiger partial charge in [0, 0.05) is 11.4 Å². The summed E-state index contributed by atoms with van der Waals surface area (Å²) >= 11 is 1.84. The van der Waals surface area contributed by atoms with Crippen LogP contribution < -0.4 is 11.1 Å². The predicted octanol–water partition coefficient (Wildman–Crippen LogP) is 1.62. The van der Waals surface area contributed by atoms with Gasteiger partial charge in [-0.15, -0.1) is 11.3 Å². The molecule has 1 fully saturated rings. The van der Waals surface area contributed by atoms with Gasteiger partial charge in [0.1, 0.15) is 0 Å². The highest BCUT2D eigenvalue weighted by Crippen LogP contribution is 2.43. The topological polar surface area (TPSA) is 38.0 Å². The Morgan fingerprint density at radius 3 is 2.93 bits per heavy atom. The first-order chi connectivity index (χ1) is 6.85. The highest BCUT2D eigenvalue weighted by molar-refractivity contribution is 7.09. The molecule has 0 unspecified atom stereocenters. The monoisotopic (exact) mass is 210 g/mol. The smallest absolute Gasteiger partial charge is 0.00578 e. The second-order valence-electron chi connectivity index (χ2n) is 4.21. The second kappa shape index (κ2) is 4.43. The van der Waals surface area contributed by atoms with Crippen molar-refractivity contribution in [2.75, 3.05) is 19.6 Å². The Morgan fingerprint density at radius 2 is 2.36 bits per heavy atom. The lowest BCUT2D eigenvalue weighted by Crippen LogP contribution is -2.30. The molecule has 1 aromatic rings. The molecule has 3 heteroatoms. The van der Waals surface area contributed by atoms with Gasteiger partial charge in [0.25, 0.3) is 0 Å². The summed E-state index contributed by atoms with van der Waals surface area (Å²) in [5.74, 6) is 0. The molecule has 0 aliphatic heterocycles. The summed E-state index contributed by atoms with van der Waals surface area (Å²) in [5, 5.41) is 5.64. The van der Waals surface area contributed by atoms with Crippen LogP contribution in [-0.2, 0) is 6.42 Å². The van der Waals surface area contributed by atoms with Crippen LogP contribution in [0.3, 0.4) is 0 Å². The average Bonchev–Trinajstić information content (AvgIpc) is 2.81. The first-order valence-electron chi connectivity index (χ1n) is 5.28. The summed E-state index contributed by atoms with van der Waals surface area (Å²) in [6.07, 6.45) is 3.78. The van der Waals surface area contributed by atoms with E-state index < -0.39 is 0 Å². The van der Waals surface area contributed by atoms with E-state index in [9.17, 15) is 0 Å². The molecule has 14 heavy (non-hydrogen) atoms. The molecule has 1 saturated carbocycles. The molecule has 0 spiro atoms. The molecule has 0 aromatic carbocycles. The molecule has 3 N–H and O–H groups in total. The van der Waals surface area contributed by atoms with Gasteiger partial charge in [-0.05, 0) is 49.2 Å². The number of hydrogen-bond donors (Lipinski definition) is 2. The Labute approximate surface area is 89.5 Å². The fourth-order valence-corrected chi connectivity index (χ4v) is 2.36. The van der Waals surface area contributed by atoms with E-state index in [0.717, 1.165) is 26.1 Å². The van der Waals surface area contributed by atoms with Gasteiger partial charge in [-0.3, -0.25) is 0 Å². The van der Waals surface area contributed by atoms with Crippen molar-refractivity contribution in [3.63, 3.8) is 0 Å². The molecule has 1 heterocycles. The lowest BCUT2D eigenvalue weighted by atomic mass is 10.1. The minimum Gasteiger partial charge on any atom is -0.330 e. The molecule has 0 bridgehead atoms. The van der Waals surface area contributed by atoms with Crippen LogP contribution in [0.25, 0.3) is 0 Å². The zero-order chi connectivity index (χ0) is 9.86. The van der Waals surface area contributed by atoms with Crippen LogP contribution in [0.1, 0.15) is 17.7 Å². The molecule has 1 aromatic heterocycles. The molecule has 0 radical (unpaired) electrons. The van der Waals surface area contributed by atoms with Gasteiger partial charge in [0.05, 0.1) is 0 Å². The van der Waals surface area contributed by atoms with Crippen LogP contribution in [0.15, 0.2) is 17.5 Å². The van der Waals surface area contributed by atoms with Crippen LogP contribution in [-0.4, -0.2) is 19.6 Å². The number of hydrogen-bond acceptors (Lipinski definition) is 3. The maximum Gasteiger partial charge on any atom is 0.00578 e. The van der Waals surface area contributed by atoms with Gasteiger partial charge < -0.3 is 11.1 Å². The zero-order valence-corrected chi connectivity index (χ0v) is 9.28. The summed E-state index contributed by atoms with van der Waals surface area (Å²) < 4.78 is 0. The van der Waals surface area contributed by atoms with Gasteiger partial charge in [0.15, 0.2) is 0 Å². The standard InChI is InChI=1S/C11H18N2S/c12-8-11(4-5-11)9-13-6-3-10-2-1-7-14-10/h1-2,7,13H,3-6,8-9,12H2. The third-order valence-corrected chi connectivity index (χ3v) is 3.95. The third kappa shape index (κ3) is 2.56. The summed E-state index contributed by atoms with van der Waals surface area (Å²) in [4.78, 5) is 1.47. The largest absolute Gasteiger partial charge is 0.330 e. The van der Waals surface area contributed by atoms with Crippen LogP contribution in [0.2, 0.25) is 0 Å². The van der Waals surface area contributed by atoms with Crippen molar-refractivity contribution in [3.8, 4) is 0 Å². The molecule has 0 atom stereocenters. The van der Waals surface area contributed by atoms with Crippen molar-refractivity contribution < 1.29 is 0 Å². The van der Waals surface area contributed by atoms with Crippen molar-refractivity contribution in [3.05, 3.63) is 22.4 Å². The summed E-state index contributed by atoms with van der Waals surface area (Å²) in [6.45, 7) is 3.04. The number of nitrogens with two attached hydrogens (primary N) is 1. The molecule has 0 saturated heterocycles. The highest BCUT2D eigenvalue weighted by Gasteiger charge is 2.40. The molecule has 2 rings (SSSR count). The first-order valence-corrected chi connectivity index (χ1v) is 6.16. The van der Waals surface area contributed by atoms with Crippen molar-refractivity contribution in [2.45, 2.75) is 19.3 Å². The van der Waals surface area contributed by atoms with Crippen molar-refractivity contribution in [2.24, 2.45) is 11.1 Å². The van der Waals surface area contributed by atoms with Crippen LogP contribution in [0.5, 0.6) is 0 Å². The molecule has 78 valence electrons. The normalized spacial score (nSPS) is 18.4. The Morgan fingerprint density at radius 1 is 1.50 bits per heavy atom. The number of thiophene rings is 1. The summed E-state index contributed by atoms with van der Waals surface area (Å²) in [5.41, 5.74) is 6.18. The van der Waals surface area contributed by atoms with Gasteiger partial charge in [-0.1, -0.05) is 6.07 Å². The van der Waals surface area contributed by atoms with Crippen molar-refractivity contribution in [1.82, 2.24) is 5.32 Å². The molecule has 2 nitrogen and oxygen atoms in total. The second-order valence-corrected chi connectivity index (χ2v) is 5.24. The Kier molecular flexibility index (Phi) is 3.21. The molecule has 1 aliphatic rings. The van der Waals surface area contributed by atoms with E-state index in [4.69, 9.17) is 5.73 Å². The maximum absolute atomic E-state index is 5.71. The molecule has 0 amide bonds. The van der Waals surface area contributed by atoms with E-state index in [-0.39, 0.29) is 0 Å². The lowest BCUT2D eigenvalue weighted by molar-refractivity contribution is 0.471. The van der Waals surface area contributed by atoms with Crippen molar-refractivity contribution >= 4 is 11.3 Å². The number of nitrogens with one attached hydrogen (secondary N) is 1. The molecule has 1 aliphatic carbocycles. The van der Waals surface area contributed by atoms with Crippen LogP contribution >= 0.6 is 11.3 Å². The Bertz CT molecular complexity index is 265. The van der Waals surface area contributed by atoms with Gasteiger partial charge in [-0.2, -0.15) is 0 Å². The van der Waals surface area contributed by atoms with E-state index in [2.05, 4.69) is 22.8 Å². The van der Waals surface area contributed by atoms with E-state index >= 15 is 0 Å². The van der Waals surface area contributed by atoms with Gasteiger partial charge in [-0.25, -0.2) is 0 Å². The first kappa shape index (κ1) is 10.1. The SMILES string of the molecule is NCC1(CNCCc2cccs2)CC1.